The third-order valence-electron chi connectivity index (χ3n) is 6.25. The molecule has 1 atom stereocenters. The molecule has 2 fully saturated rings. The monoisotopic (exact) mass is 508 g/mol. The highest BCUT2D eigenvalue weighted by molar-refractivity contribution is 7.89. The molecule has 3 N–H and O–H groups in total. The van der Waals surface area contributed by atoms with Crippen LogP contribution in [0.15, 0.2) is 53.4 Å². The molecule has 2 aliphatic rings. The van der Waals surface area contributed by atoms with E-state index in [4.69, 9.17) is 17.3 Å². The molecule has 1 aliphatic heterocycles. The van der Waals surface area contributed by atoms with Crippen LogP contribution in [-0.2, 0) is 14.8 Å². The number of hydrogen-bond acceptors (Lipinski definition) is 5. The smallest absolute Gasteiger partial charge is 0.259 e. The number of amides is 2. The molecular weight excluding hydrogens is 483 g/mol. The van der Waals surface area contributed by atoms with E-state index in [2.05, 4.69) is 5.32 Å². The minimum atomic E-state index is -4.18. The summed E-state index contributed by atoms with van der Waals surface area (Å²) in [5.74, 6) is -1.64. The number of nitrogens with two attached hydrogens (primary N) is 1. The highest BCUT2D eigenvalue weighted by atomic mass is 35.5. The molecule has 11 heteroatoms. The van der Waals surface area contributed by atoms with Gasteiger partial charge in [0.15, 0.2) is 6.17 Å². The van der Waals surface area contributed by atoms with Gasteiger partial charge in [0.25, 0.3) is 11.8 Å². The van der Waals surface area contributed by atoms with Crippen molar-refractivity contribution in [3.05, 3.63) is 64.9 Å². The maximum absolute atomic E-state index is 13.4. The van der Waals surface area contributed by atoms with Crippen molar-refractivity contribution in [3.8, 4) is 0 Å². The predicted molar refractivity (Wildman–Crippen MR) is 125 cm³/mol. The van der Waals surface area contributed by atoms with Crippen molar-refractivity contribution in [2.75, 3.05) is 13.1 Å². The van der Waals surface area contributed by atoms with Gasteiger partial charge in [0.1, 0.15) is 5.82 Å². The first-order chi connectivity index (χ1) is 16.2. The number of benzene rings is 2. The number of carbonyl (C=O) groups is 2. The van der Waals surface area contributed by atoms with E-state index in [-0.39, 0.29) is 35.6 Å². The Morgan fingerprint density at radius 1 is 0.971 bits per heavy atom. The fourth-order valence-electron chi connectivity index (χ4n) is 4.38. The second kappa shape index (κ2) is 9.99. The predicted octanol–water partition coefficient (Wildman–Crippen LogP) is 2.34. The molecule has 1 unspecified atom stereocenters. The van der Waals surface area contributed by atoms with E-state index in [1.54, 1.807) is 12.1 Å². The molecular formula is C23H26ClFN4O4S. The van der Waals surface area contributed by atoms with Crippen LogP contribution in [0, 0.1) is 5.82 Å². The van der Waals surface area contributed by atoms with Crippen molar-refractivity contribution in [1.29, 1.82) is 0 Å². The highest BCUT2D eigenvalue weighted by Crippen LogP contribution is 2.27. The zero-order valence-electron chi connectivity index (χ0n) is 18.4. The van der Waals surface area contributed by atoms with Gasteiger partial charge in [-0.1, -0.05) is 11.6 Å². The van der Waals surface area contributed by atoms with Crippen LogP contribution in [0.5, 0.6) is 0 Å². The number of nitrogens with one attached hydrogen (secondary N) is 1. The molecule has 0 spiro atoms. The summed E-state index contributed by atoms with van der Waals surface area (Å²) in [4.78, 5) is 27.8. The van der Waals surface area contributed by atoms with Crippen LogP contribution in [-0.4, -0.2) is 60.8 Å². The van der Waals surface area contributed by atoms with Crippen LogP contribution < -0.4 is 11.1 Å². The molecule has 8 nitrogen and oxygen atoms in total. The zero-order chi connectivity index (χ0) is 24.5. The number of sulfonamides is 1. The van der Waals surface area contributed by atoms with Gasteiger partial charge in [-0.05, 0) is 74.2 Å². The summed E-state index contributed by atoms with van der Waals surface area (Å²) in [6.45, 7) is -0.0534. The Hall–Kier alpha value is -2.53. The molecule has 2 amide bonds. The fourth-order valence-corrected chi connectivity index (χ4v) is 6.05. The van der Waals surface area contributed by atoms with E-state index in [1.165, 1.54) is 17.0 Å². The third kappa shape index (κ3) is 5.10. The van der Waals surface area contributed by atoms with Crippen LogP contribution in [0.25, 0.3) is 0 Å². The van der Waals surface area contributed by atoms with Gasteiger partial charge in [-0.25, -0.2) is 12.8 Å². The lowest BCUT2D eigenvalue weighted by Crippen LogP contribution is -2.56. The van der Waals surface area contributed by atoms with E-state index < -0.39 is 33.8 Å². The summed E-state index contributed by atoms with van der Waals surface area (Å²) in [7, 11) is -4.18. The average molecular weight is 509 g/mol. The third-order valence-corrected chi connectivity index (χ3v) is 8.37. The van der Waals surface area contributed by atoms with Crippen molar-refractivity contribution < 1.29 is 22.4 Å². The number of nitrogens with zero attached hydrogens (tertiary/aromatic N) is 2. The molecule has 1 saturated heterocycles. The SMILES string of the molecule is NC1CCC(NC(=O)C2N(C(=O)c3ccc(Cl)cc3)CCN2S(=O)(=O)c2ccc(F)cc2)CC1. The van der Waals surface area contributed by atoms with E-state index in [9.17, 15) is 22.4 Å². The summed E-state index contributed by atoms with van der Waals surface area (Å²) in [5.41, 5.74) is 6.24. The molecule has 0 aromatic heterocycles. The lowest BCUT2D eigenvalue weighted by atomic mass is 9.92. The molecule has 0 bridgehead atoms. The maximum Gasteiger partial charge on any atom is 0.259 e. The largest absolute Gasteiger partial charge is 0.350 e. The second-order valence-electron chi connectivity index (χ2n) is 8.57. The zero-order valence-corrected chi connectivity index (χ0v) is 19.9. The number of hydrogen-bond donors (Lipinski definition) is 2. The Morgan fingerprint density at radius 2 is 1.59 bits per heavy atom. The minimum absolute atomic E-state index is 0.0233. The van der Waals surface area contributed by atoms with Gasteiger partial charge in [0.05, 0.1) is 4.90 Å². The first-order valence-corrected chi connectivity index (χ1v) is 12.9. The summed E-state index contributed by atoms with van der Waals surface area (Å²) < 4.78 is 41.2. The summed E-state index contributed by atoms with van der Waals surface area (Å²) in [6, 6.07) is 10.5. The van der Waals surface area contributed by atoms with Crippen LogP contribution in [0.3, 0.4) is 0 Å². The lowest BCUT2D eigenvalue weighted by Gasteiger charge is -2.32. The first kappa shape index (κ1) is 24.6. The molecule has 2 aromatic rings. The average Bonchev–Trinajstić information content (AvgIpc) is 3.27. The number of carbonyl (C=O) groups excluding carboxylic acids is 2. The van der Waals surface area contributed by atoms with E-state index >= 15 is 0 Å². The summed E-state index contributed by atoms with van der Waals surface area (Å²) in [6.07, 6.45) is 1.47. The summed E-state index contributed by atoms with van der Waals surface area (Å²) >= 11 is 5.92. The van der Waals surface area contributed by atoms with Gasteiger partial charge < -0.3 is 16.0 Å². The Bertz CT molecular complexity index is 1150. The quantitative estimate of drug-likeness (QED) is 0.643. The van der Waals surface area contributed by atoms with Crippen LogP contribution in [0.1, 0.15) is 36.0 Å². The lowest BCUT2D eigenvalue weighted by molar-refractivity contribution is -0.128. The Labute approximate surface area is 202 Å². The molecule has 1 heterocycles. The van der Waals surface area contributed by atoms with Crippen LogP contribution in [0.4, 0.5) is 4.39 Å². The minimum Gasteiger partial charge on any atom is -0.350 e. The number of halogens is 2. The van der Waals surface area contributed by atoms with Gasteiger partial charge in [0.2, 0.25) is 10.0 Å². The molecule has 4 rings (SSSR count). The van der Waals surface area contributed by atoms with Crippen molar-refractivity contribution in [3.63, 3.8) is 0 Å². The van der Waals surface area contributed by atoms with Crippen molar-refractivity contribution in [2.24, 2.45) is 5.73 Å². The van der Waals surface area contributed by atoms with Crippen molar-refractivity contribution in [1.82, 2.24) is 14.5 Å². The standard InChI is InChI=1S/C23H26ClFN4O4S/c24-16-3-1-15(2-4-16)23(31)28-13-14-29(34(32,33)20-11-5-17(25)6-12-20)22(28)21(30)27-19-9-7-18(26)8-10-19/h1-6,11-12,18-19,22H,7-10,13-14,26H2,(H,27,30). The molecule has 182 valence electrons. The van der Waals surface area contributed by atoms with Gasteiger partial charge in [-0.2, -0.15) is 4.31 Å². The van der Waals surface area contributed by atoms with E-state index in [0.29, 0.717) is 17.9 Å². The van der Waals surface area contributed by atoms with Crippen LogP contribution in [0.2, 0.25) is 5.02 Å². The fraction of sp³-hybridized carbons (Fsp3) is 0.391. The Balaban J connectivity index is 1.64. The van der Waals surface area contributed by atoms with Crippen molar-refractivity contribution in [2.45, 2.75) is 48.8 Å². The molecule has 2 aromatic carbocycles. The van der Waals surface area contributed by atoms with Crippen LogP contribution >= 0.6 is 11.6 Å². The first-order valence-electron chi connectivity index (χ1n) is 11.1. The normalized spacial score (nSPS) is 23.6. The van der Waals surface area contributed by atoms with Gasteiger partial charge in [-0.3, -0.25) is 9.59 Å². The van der Waals surface area contributed by atoms with Crippen molar-refractivity contribution >= 4 is 33.4 Å². The van der Waals surface area contributed by atoms with E-state index in [1.807, 2.05) is 0 Å². The highest BCUT2D eigenvalue weighted by Gasteiger charge is 2.47. The van der Waals surface area contributed by atoms with Gasteiger partial charge in [0, 0.05) is 35.8 Å². The van der Waals surface area contributed by atoms with E-state index in [0.717, 1.165) is 41.4 Å². The molecule has 1 aliphatic carbocycles. The Morgan fingerprint density at radius 3 is 2.21 bits per heavy atom. The summed E-state index contributed by atoms with van der Waals surface area (Å²) in [5, 5.41) is 3.36. The topological polar surface area (TPSA) is 113 Å². The molecule has 34 heavy (non-hydrogen) atoms. The molecule has 0 radical (unpaired) electrons. The molecule has 1 saturated carbocycles. The second-order valence-corrected chi connectivity index (χ2v) is 10.9. The van der Waals surface area contributed by atoms with Gasteiger partial charge >= 0.3 is 0 Å². The maximum atomic E-state index is 13.4. The Kier molecular flexibility index (Phi) is 7.22. The number of rotatable bonds is 5. The van der Waals surface area contributed by atoms with Gasteiger partial charge in [-0.15, -0.1) is 0 Å².